The number of hydrogen-bond donors (Lipinski definition) is 0. The summed E-state index contributed by atoms with van der Waals surface area (Å²) in [5.74, 6) is 0.388. The van der Waals surface area contributed by atoms with Gasteiger partial charge in [-0.2, -0.15) is 5.10 Å². The third-order valence-electron chi connectivity index (χ3n) is 5.38. The summed E-state index contributed by atoms with van der Waals surface area (Å²) in [6.45, 7) is 8.26. The first-order valence-electron chi connectivity index (χ1n) is 9.89. The van der Waals surface area contributed by atoms with Crippen LogP contribution < -0.4 is 10.5 Å². The quantitative estimate of drug-likeness (QED) is 0.688. The summed E-state index contributed by atoms with van der Waals surface area (Å²) in [6, 6.07) is 10.4. The van der Waals surface area contributed by atoms with Gasteiger partial charge in [0.2, 0.25) is 0 Å². The molecule has 1 aliphatic rings. The Labute approximate surface area is 169 Å². The van der Waals surface area contributed by atoms with E-state index in [1.54, 1.807) is 22.6 Å². The minimum Gasteiger partial charge on any atom is -0.310 e. The van der Waals surface area contributed by atoms with Crippen molar-refractivity contribution < 1.29 is 4.79 Å². The largest absolute Gasteiger partial charge is 0.310 e. The van der Waals surface area contributed by atoms with Crippen LogP contribution in [0.4, 0.5) is 5.69 Å². The number of fused-ring (bicyclic) bond motifs is 1. The van der Waals surface area contributed by atoms with Gasteiger partial charge in [-0.3, -0.25) is 9.59 Å². The third-order valence-corrected chi connectivity index (χ3v) is 5.38. The van der Waals surface area contributed by atoms with Crippen molar-refractivity contribution in [2.45, 2.75) is 46.6 Å². The Bertz CT molecular complexity index is 1140. The van der Waals surface area contributed by atoms with E-state index in [0.717, 1.165) is 29.9 Å². The van der Waals surface area contributed by atoms with Crippen LogP contribution in [0.3, 0.4) is 0 Å². The van der Waals surface area contributed by atoms with Gasteiger partial charge in [-0.25, -0.2) is 9.36 Å². The van der Waals surface area contributed by atoms with Gasteiger partial charge in [0.1, 0.15) is 6.04 Å². The summed E-state index contributed by atoms with van der Waals surface area (Å²) in [4.78, 5) is 27.6. The minimum atomic E-state index is -0.716. The molecule has 1 amide bonds. The highest BCUT2D eigenvalue weighted by Gasteiger charge is 2.28. The van der Waals surface area contributed by atoms with Gasteiger partial charge in [0.05, 0.1) is 5.69 Å². The van der Waals surface area contributed by atoms with E-state index in [2.05, 4.69) is 23.2 Å². The minimum absolute atomic E-state index is 0.130. The number of benzene rings is 1. The number of anilines is 1. The summed E-state index contributed by atoms with van der Waals surface area (Å²) in [5, 5.41) is 8.89. The Morgan fingerprint density at radius 2 is 1.86 bits per heavy atom. The molecule has 7 heteroatoms. The number of amides is 1. The van der Waals surface area contributed by atoms with Gasteiger partial charge in [0, 0.05) is 24.0 Å². The molecule has 1 aromatic carbocycles. The SMILES string of the molecule is Cc1ccc2c(c1)CCCN2C(=O)C(C)n1nc(-n2nc(C)cc2C)ccc1=O. The molecular weight excluding hydrogens is 366 g/mol. The van der Waals surface area contributed by atoms with Crippen molar-refractivity contribution in [2.24, 2.45) is 0 Å². The molecule has 0 radical (unpaired) electrons. The molecule has 0 fully saturated rings. The van der Waals surface area contributed by atoms with Gasteiger partial charge in [0.15, 0.2) is 5.82 Å². The van der Waals surface area contributed by atoms with Gasteiger partial charge in [0.25, 0.3) is 11.5 Å². The lowest BCUT2D eigenvalue weighted by Crippen LogP contribution is -2.42. The lowest BCUT2D eigenvalue weighted by atomic mass is 9.99. The van der Waals surface area contributed by atoms with Crippen molar-refractivity contribution in [3.05, 3.63) is 69.3 Å². The van der Waals surface area contributed by atoms with E-state index < -0.39 is 6.04 Å². The molecule has 0 N–H and O–H groups in total. The zero-order valence-corrected chi connectivity index (χ0v) is 17.2. The zero-order valence-electron chi connectivity index (χ0n) is 17.2. The second kappa shape index (κ2) is 7.31. The molecule has 150 valence electrons. The van der Waals surface area contributed by atoms with E-state index in [-0.39, 0.29) is 11.5 Å². The number of aryl methyl sites for hydroxylation is 4. The van der Waals surface area contributed by atoms with Crippen molar-refractivity contribution in [1.82, 2.24) is 19.6 Å². The van der Waals surface area contributed by atoms with E-state index in [1.165, 1.54) is 21.9 Å². The van der Waals surface area contributed by atoms with Crippen LogP contribution in [0.15, 0.2) is 41.2 Å². The first-order chi connectivity index (χ1) is 13.8. The van der Waals surface area contributed by atoms with Crippen LogP contribution in [0.1, 0.15) is 41.9 Å². The fraction of sp³-hybridized carbons (Fsp3) is 0.364. The van der Waals surface area contributed by atoms with Crippen LogP contribution in [0.2, 0.25) is 0 Å². The predicted octanol–water partition coefficient (Wildman–Crippen LogP) is 2.89. The normalized spacial score (nSPS) is 14.6. The highest BCUT2D eigenvalue weighted by Crippen LogP contribution is 2.29. The van der Waals surface area contributed by atoms with Gasteiger partial charge in [-0.1, -0.05) is 17.7 Å². The van der Waals surface area contributed by atoms with E-state index in [4.69, 9.17) is 0 Å². The van der Waals surface area contributed by atoms with Crippen molar-refractivity contribution in [1.29, 1.82) is 0 Å². The molecule has 3 aromatic rings. The summed E-state index contributed by atoms with van der Waals surface area (Å²) in [7, 11) is 0. The third kappa shape index (κ3) is 3.48. The zero-order chi connectivity index (χ0) is 20.7. The molecular formula is C22H25N5O2. The van der Waals surface area contributed by atoms with Crippen LogP contribution in [0.25, 0.3) is 5.82 Å². The summed E-state index contributed by atoms with van der Waals surface area (Å²) in [6.07, 6.45) is 1.86. The molecule has 0 bridgehead atoms. The van der Waals surface area contributed by atoms with E-state index in [1.807, 2.05) is 32.0 Å². The van der Waals surface area contributed by atoms with Crippen molar-refractivity contribution in [2.75, 3.05) is 11.4 Å². The summed E-state index contributed by atoms with van der Waals surface area (Å²) < 4.78 is 2.94. The number of nitrogens with zero attached hydrogens (tertiary/aromatic N) is 5. The Balaban J connectivity index is 1.69. The second-order valence-corrected chi connectivity index (χ2v) is 7.71. The lowest BCUT2D eigenvalue weighted by Gasteiger charge is -2.32. The van der Waals surface area contributed by atoms with Crippen LogP contribution in [0.5, 0.6) is 0 Å². The number of carbonyl (C=O) groups is 1. The highest BCUT2D eigenvalue weighted by molar-refractivity contribution is 5.97. The van der Waals surface area contributed by atoms with Gasteiger partial charge < -0.3 is 4.90 Å². The maximum Gasteiger partial charge on any atom is 0.267 e. The smallest absolute Gasteiger partial charge is 0.267 e. The second-order valence-electron chi connectivity index (χ2n) is 7.71. The first kappa shape index (κ1) is 19.1. The van der Waals surface area contributed by atoms with E-state index in [9.17, 15) is 9.59 Å². The molecule has 2 aromatic heterocycles. The fourth-order valence-corrected chi connectivity index (χ4v) is 3.95. The van der Waals surface area contributed by atoms with Crippen LogP contribution >= 0.6 is 0 Å². The summed E-state index contributed by atoms with van der Waals surface area (Å²) >= 11 is 0. The molecule has 3 heterocycles. The van der Waals surface area contributed by atoms with E-state index in [0.29, 0.717) is 12.4 Å². The Kier molecular flexibility index (Phi) is 4.82. The monoisotopic (exact) mass is 391 g/mol. The fourth-order valence-electron chi connectivity index (χ4n) is 3.95. The average Bonchev–Trinajstić information content (AvgIpc) is 3.04. The highest BCUT2D eigenvalue weighted by atomic mass is 16.2. The molecule has 0 spiro atoms. The van der Waals surface area contributed by atoms with Crippen molar-refractivity contribution in [3.8, 4) is 5.82 Å². The summed E-state index contributed by atoms with van der Waals surface area (Å²) in [5.41, 5.74) is 4.76. The molecule has 4 rings (SSSR count). The molecule has 7 nitrogen and oxygen atoms in total. The molecule has 1 aliphatic heterocycles. The molecule has 29 heavy (non-hydrogen) atoms. The first-order valence-corrected chi connectivity index (χ1v) is 9.89. The molecule has 0 saturated heterocycles. The van der Waals surface area contributed by atoms with Crippen molar-refractivity contribution >= 4 is 11.6 Å². The van der Waals surface area contributed by atoms with Crippen molar-refractivity contribution in [3.63, 3.8) is 0 Å². The maximum atomic E-state index is 13.3. The Hall–Kier alpha value is -3.22. The average molecular weight is 391 g/mol. The molecule has 0 aliphatic carbocycles. The molecule has 1 atom stereocenters. The lowest BCUT2D eigenvalue weighted by molar-refractivity contribution is -0.121. The van der Waals surface area contributed by atoms with Crippen LogP contribution in [0, 0.1) is 20.8 Å². The van der Waals surface area contributed by atoms with Crippen LogP contribution in [-0.4, -0.2) is 32.0 Å². The number of rotatable bonds is 3. The van der Waals surface area contributed by atoms with Gasteiger partial charge in [-0.15, -0.1) is 5.10 Å². The van der Waals surface area contributed by atoms with Crippen LogP contribution in [-0.2, 0) is 11.2 Å². The maximum absolute atomic E-state index is 13.3. The van der Waals surface area contributed by atoms with Gasteiger partial charge in [-0.05, 0) is 64.3 Å². The standard InChI is InChI=1S/C22H25N5O2/c1-14-7-8-19-18(12-14)6-5-11-25(19)22(29)17(4)27-21(28)10-9-20(24-27)26-16(3)13-15(2)23-26/h7-10,12-13,17H,5-6,11H2,1-4H3. The topological polar surface area (TPSA) is 73.0 Å². The Morgan fingerprint density at radius 1 is 1.07 bits per heavy atom. The number of aromatic nitrogens is 4. The molecule has 1 unspecified atom stereocenters. The number of hydrogen-bond acceptors (Lipinski definition) is 4. The Morgan fingerprint density at radius 3 is 2.59 bits per heavy atom. The number of carbonyl (C=O) groups excluding carboxylic acids is 1. The van der Waals surface area contributed by atoms with E-state index >= 15 is 0 Å². The molecule has 0 saturated carbocycles. The predicted molar refractivity (Wildman–Crippen MR) is 112 cm³/mol. The van der Waals surface area contributed by atoms with Gasteiger partial charge >= 0.3 is 0 Å².